The highest BCUT2D eigenvalue weighted by atomic mass is 35.5. The van der Waals surface area contributed by atoms with Crippen molar-refractivity contribution in [1.82, 2.24) is 4.90 Å². The Balaban J connectivity index is 1.62. The molecule has 1 amide bonds. The zero-order valence-electron chi connectivity index (χ0n) is 14.4. The molecule has 1 aliphatic heterocycles. The fourth-order valence-electron chi connectivity index (χ4n) is 3.20. The van der Waals surface area contributed by atoms with E-state index in [0.717, 1.165) is 25.3 Å². The van der Waals surface area contributed by atoms with Crippen LogP contribution in [0.25, 0.3) is 0 Å². The van der Waals surface area contributed by atoms with Gasteiger partial charge in [0, 0.05) is 17.3 Å². The van der Waals surface area contributed by atoms with E-state index in [1.165, 1.54) is 37.0 Å². The summed E-state index contributed by atoms with van der Waals surface area (Å²) in [5, 5.41) is 3.09. The van der Waals surface area contributed by atoms with Crippen LogP contribution in [-0.4, -0.2) is 23.9 Å². The summed E-state index contributed by atoms with van der Waals surface area (Å²) in [6.07, 6.45) is 3.79. The molecular weight excluding hydrogens is 374 g/mol. The SMILES string of the molecule is O=C(Cc1cc(F)c(Cl)cc1Cl)Nc1cccc(CN2CCCCC2)c1. The van der Waals surface area contributed by atoms with Crippen LogP contribution in [0.5, 0.6) is 0 Å². The van der Waals surface area contributed by atoms with Crippen molar-refractivity contribution in [2.75, 3.05) is 18.4 Å². The van der Waals surface area contributed by atoms with Crippen LogP contribution in [0.4, 0.5) is 10.1 Å². The number of carbonyl (C=O) groups excluding carboxylic acids is 1. The van der Waals surface area contributed by atoms with Gasteiger partial charge >= 0.3 is 0 Å². The third-order valence-corrected chi connectivity index (χ3v) is 5.15. The summed E-state index contributed by atoms with van der Waals surface area (Å²) in [6.45, 7) is 3.13. The number of halogens is 3. The lowest BCUT2D eigenvalue weighted by Gasteiger charge is -2.26. The van der Waals surface area contributed by atoms with Gasteiger partial charge in [0.05, 0.1) is 11.4 Å². The summed E-state index contributed by atoms with van der Waals surface area (Å²) in [6, 6.07) is 10.4. The molecule has 0 aliphatic carbocycles. The standard InChI is InChI=1S/C20H21Cl2FN2O/c21-17-12-18(22)19(23)10-15(17)11-20(26)24-16-6-4-5-14(9-16)13-25-7-2-1-3-8-25/h4-6,9-10,12H,1-3,7-8,11,13H2,(H,24,26). The average Bonchev–Trinajstić information content (AvgIpc) is 2.61. The number of carbonyl (C=O) groups is 1. The van der Waals surface area contributed by atoms with E-state index in [1.807, 2.05) is 18.2 Å². The Bertz CT molecular complexity index is 791. The van der Waals surface area contributed by atoms with Gasteiger partial charge in [-0.15, -0.1) is 0 Å². The maximum atomic E-state index is 13.6. The average molecular weight is 395 g/mol. The maximum absolute atomic E-state index is 13.6. The van der Waals surface area contributed by atoms with Gasteiger partial charge in [-0.3, -0.25) is 9.69 Å². The van der Waals surface area contributed by atoms with E-state index in [0.29, 0.717) is 5.56 Å². The Labute approximate surface area is 163 Å². The van der Waals surface area contributed by atoms with Crippen LogP contribution in [0, 0.1) is 5.82 Å². The molecule has 0 unspecified atom stereocenters. The van der Waals surface area contributed by atoms with E-state index in [9.17, 15) is 9.18 Å². The second-order valence-corrected chi connectivity index (χ2v) is 7.43. The van der Waals surface area contributed by atoms with Crippen molar-refractivity contribution in [1.29, 1.82) is 0 Å². The van der Waals surface area contributed by atoms with Gasteiger partial charge in [0.2, 0.25) is 5.91 Å². The van der Waals surface area contributed by atoms with Crippen LogP contribution in [0.15, 0.2) is 36.4 Å². The van der Waals surface area contributed by atoms with Crippen molar-refractivity contribution in [3.05, 3.63) is 63.4 Å². The monoisotopic (exact) mass is 394 g/mol. The molecule has 0 saturated carbocycles. The molecule has 138 valence electrons. The number of hydrogen-bond acceptors (Lipinski definition) is 2. The van der Waals surface area contributed by atoms with Crippen LogP contribution < -0.4 is 5.32 Å². The van der Waals surface area contributed by atoms with Gasteiger partial charge in [0.15, 0.2) is 0 Å². The van der Waals surface area contributed by atoms with Crippen molar-refractivity contribution >= 4 is 34.8 Å². The number of benzene rings is 2. The van der Waals surface area contributed by atoms with Gasteiger partial charge in [0.25, 0.3) is 0 Å². The highest BCUT2D eigenvalue weighted by molar-refractivity contribution is 6.35. The highest BCUT2D eigenvalue weighted by Crippen LogP contribution is 2.25. The maximum Gasteiger partial charge on any atom is 0.228 e. The molecule has 0 spiro atoms. The van der Waals surface area contributed by atoms with Crippen LogP contribution in [0.1, 0.15) is 30.4 Å². The van der Waals surface area contributed by atoms with Crippen molar-refractivity contribution in [3.8, 4) is 0 Å². The lowest BCUT2D eigenvalue weighted by Crippen LogP contribution is -2.29. The number of nitrogens with zero attached hydrogens (tertiary/aromatic N) is 1. The summed E-state index contributed by atoms with van der Waals surface area (Å²) in [4.78, 5) is 14.7. The van der Waals surface area contributed by atoms with E-state index < -0.39 is 5.82 Å². The molecule has 3 rings (SSSR count). The summed E-state index contributed by atoms with van der Waals surface area (Å²) in [5.41, 5.74) is 2.31. The molecule has 1 saturated heterocycles. The van der Waals surface area contributed by atoms with Gasteiger partial charge in [-0.05, 0) is 61.3 Å². The second-order valence-electron chi connectivity index (χ2n) is 6.62. The number of anilines is 1. The Morgan fingerprint density at radius 1 is 1.08 bits per heavy atom. The predicted octanol–water partition coefficient (Wildman–Crippen LogP) is 5.30. The molecule has 1 N–H and O–H groups in total. The van der Waals surface area contributed by atoms with E-state index in [4.69, 9.17) is 23.2 Å². The van der Waals surface area contributed by atoms with Crippen LogP contribution in [0.2, 0.25) is 10.0 Å². The summed E-state index contributed by atoms with van der Waals surface area (Å²) in [7, 11) is 0. The summed E-state index contributed by atoms with van der Waals surface area (Å²) in [5.74, 6) is -0.828. The Hall–Kier alpha value is -1.62. The van der Waals surface area contributed by atoms with Crippen LogP contribution in [-0.2, 0) is 17.8 Å². The fourth-order valence-corrected chi connectivity index (χ4v) is 3.65. The fraction of sp³-hybridized carbons (Fsp3) is 0.350. The molecule has 2 aromatic rings. The van der Waals surface area contributed by atoms with Crippen LogP contribution >= 0.6 is 23.2 Å². The zero-order chi connectivity index (χ0) is 18.5. The van der Waals surface area contributed by atoms with E-state index in [-0.39, 0.29) is 22.4 Å². The Kier molecular flexibility index (Phi) is 6.52. The second kappa shape index (κ2) is 8.85. The first-order chi connectivity index (χ1) is 12.5. The Morgan fingerprint density at radius 3 is 2.62 bits per heavy atom. The minimum absolute atomic E-state index is 0.0106. The topological polar surface area (TPSA) is 32.3 Å². The predicted molar refractivity (Wildman–Crippen MR) is 104 cm³/mol. The quantitative estimate of drug-likeness (QED) is 0.697. The number of piperidine rings is 1. The molecule has 2 aromatic carbocycles. The first-order valence-corrected chi connectivity index (χ1v) is 9.51. The molecule has 0 radical (unpaired) electrons. The van der Waals surface area contributed by atoms with Gasteiger partial charge in [0.1, 0.15) is 5.82 Å². The highest BCUT2D eigenvalue weighted by Gasteiger charge is 2.13. The third-order valence-electron chi connectivity index (χ3n) is 4.51. The molecular formula is C20H21Cl2FN2O. The van der Waals surface area contributed by atoms with Gasteiger partial charge in [-0.2, -0.15) is 0 Å². The number of likely N-dealkylation sites (tertiary alicyclic amines) is 1. The first-order valence-electron chi connectivity index (χ1n) is 8.76. The number of amides is 1. The number of hydrogen-bond donors (Lipinski definition) is 1. The van der Waals surface area contributed by atoms with Crippen molar-refractivity contribution in [3.63, 3.8) is 0 Å². The largest absolute Gasteiger partial charge is 0.326 e. The van der Waals surface area contributed by atoms with Crippen molar-refractivity contribution in [2.24, 2.45) is 0 Å². The zero-order valence-corrected chi connectivity index (χ0v) is 15.9. The molecule has 0 bridgehead atoms. The van der Waals surface area contributed by atoms with Gasteiger partial charge < -0.3 is 5.32 Å². The lowest BCUT2D eigenvalue weighted by atomic mass is 10.1. The minimum Gasteiger partial charge on any atom is -0.326 e. The smallest absolute Gasteiger partial charge is 0.228 e. The van der Waals surface area contributed by atoms with Crippen molar-refractivity contribution in [2.45, 2.75) is 32.2 Å². The lowest BCUT2D eigenvalue weighted by molar-refractivity contribution is -0.115. The van der Waals surface area contributed by atoms with Crippen molar-refractivity contribution < 1.29 is 9.18 Å². The number of rotatable bonds is 5. The molecule has 1 heterocycles. The third kappa shape index (κ3) is 5.19. The van der Waals surface area contributed by atoms with Gasteiger partial charge in [-0.25, -0.2) is 4.39 Å². The molecule has 6 heteroatoms. The summed E-state index contributed by atoms with van der Waals surface area (Å²) < 4.78 is 13.6. The number of nitrogens with one attached hydrogen (secondary N) is 1. The summed E-state index contributed by atoms with van der Waals surface area (Å²) >= 11 is 11.7. The molecule has 1 fully saturated rings. The molecule has 3 nitrogen and oxygen atoms in total. The Morgan fingerprint density at radius 2 is 1.85 bits per heavy atom. The van der Waals surface area contributed by atoms with E-state index in [1.54, 1.807) is 0 Å². The molecule has 26 heavy (non-hydrogen) atoms. The van der Waals surface area contributed by atoms with E-state index in [2.05, 4.69) is 16.3 Å². The molecule has 1 aliphatic rings. The normalized spacial score (nSPS) is 15.0. The molecule has 0 aromatic heterocycles. The van der Waals surface area contributed by atoms with Crippen LogP contribution in [0.3, 0.4) is 0 Å². The minimum atomic E-state index is -0.581. The van der Waals surface area contributed by atoms with Gasteiger partial charge in [-0.1, -0.05) is 41.8 Å². The first kappa shape index (κ1) is 19.2. The van der Waals surface area contributed by atoms with E-state index >= 15 is 0 Å². The molecule has 0 atom stereocenters.